The van der Waals surface area contributed by atoms with E-state index >= 15 is 0 Å². The average Bonchev–Trinajstić information content (AvgIpc) is 3.53. The lowest BCUT2D eigenvalue weighted by Crippen LogP contribution is -2.28. The summed E-state index contributed by atoms with van der Waals surface area (Å²) in [7, 11) is 0. The molecule has 1 fully saturated rings. The Bertz CT molecular complexity index is 1370. The molecule has 1 N–H and O–H groups in total. The topological polar surface area (TPSA) is 90.5 Å². The van der Waals surface area contributed by atoms with E-state index in [1.54, 1.807) is 16.7 Å². The van der Waals surface area contributed by atoms with Gasteiger partial charge in [0, 0.05) is 17.3 Å². The first-order valence-corrected chi connectivity index (χ1v) is 12.4. The number of rotatable bonds is 6. The Morgan fingerprint density at radius 1 is 1.38 bits per heavy atom. The Hall–Kier alpha value is -2.40. The van der Waals surface area contributed by atoms with Crippen LogP contribution in [0.4, 0.5) is 5.69 Å². The number of hydrogen-bond donors (Lipinski definition) is 1. The molecule has 4 heterocycles. The third kappa shape index (κ3) is 3.92. The molecule has 1 amide bonds. The van der Waals surface area contributed by atoms with Crippen LogP contribution in [-0.2, 0) is 16.1 Å². The maximum absolute atomic E-state index is 13.1. The summed E-state index contributed by atoms with van der Waals surface area (Å²) in [5.41, 5.74) is 2.16. The van der Waals surface area contributed by atoms with Gasteiger partial charge in [0.1, 0.15) is 4.70 Å². The lowest BCUT2D eigenvalue weighted by molar-refractivity contribution is -0.113. The maximum atomic E-state index is 13.1. The number of fused-ring (bicyclic) bond motifs is 3. The van der Waals surface area contributed by atoms with Gasteiger partial charge in [0.2, 0.25) is 11.7 Å². The monoisotopic (exact) mass is 489 g/mol. The number of hydrogen-bond acceptors (Lipinski definition) is 7. The molecule has 0 spiro atoms. The summed E-state index contributed by atoms with van der Waals surface area (Å²) >= 11 is 8.80. The molecule has 8 nitrogen and oxygen atoms in total. The number of aromatic nitrogens is 4. The first-order chi connectivity index (χ1) is 15.5. The summed E-state index contributed by atoms with van der Waals surface area (Å²) < 4.78 is 9.86. The maximum Gasteiger partial charge on any atom is 0.272 e. The van der Waals surface area contributed by atoms with Crippen molar-refractivity contribution in [1.82, 2.24) is 19.2 Å². The van der Waals surface area contributed by atoms with Crippen LogP contribution in [0.3, 0.4) is 0 Å². The molecule has 1 aromatic carbocycles. The summed E-state index contributed by atoms with van der Waals surface area (Å²) in [6.45, 7) is 3.01. The normalized spacial score (nSPS) is 16.2. The van der Waals surface area contributed by atoms with Crippen LogP contribution < -0.4 is 10.9 Å². The third-order valence-electron chi connectivity index (χ3n) is 5.47. The highest BCUT2D eigenvalue weighted by atomic mass is 35.5. The van der Waals surface area contributed by atoms with Crippen molar-refractivity contribution in [1.29, 1.82) is 0 Å². The Kier molecular flexibility index (Phi) is 5.93. The zero-order valence-corrected chi connectivity index (χ0v) is 19.6. The number of carbonyl (C=O) groups is 1. The van der Waals surface area contributed by atoms with Gasteiger partial charge in [-0.3, -0.25) is 18.6 Å². The van der Waals surface area contributed by atoms with Crippen LogP contribution in [0.2, 0.25) is 5.02 Å². The van der Waals surface area contributed by atoms with E-state index in [0.29, 0.717) is 39.5 Å². The molecule has 1 saturated heterocycles. The van der Waals surface area contributed by atoms with Crippen LogP contribution >= 0.6 is 34.7 Å². The quantitative estimate of drug-likeness (QED) is 0.412. The molecule has 1 aliphatic rings. The summed E-state index contributed by atoms with van der Waals surface area (Å²) in [4.78, 5) is 25.7. The van der Waals surface area contributed by atoms with Crippen LogP contribution in [0.15, 0.2) is 39.6 Å². The smallest absolute Gasteiger partial charge is 0.272 e. The minimum absolute atomic E-state index is 0.00608. The fraction of sp³-hybridized carbons (Fsp3) is 0.333. The SMILES string of the molecule is Cc1c(Cl)cccc1NC(=O)CSc1nnc2n(CC3CCCO3)c(=O)c3sccc3n12. The Balaban J connectivity index is 1.43. The molecule has 1 unspecified atom stereocenters. The Labute approximate surface area is 196 Å². The lowest BCUT2D eigenvalue weighted by Gasteiger charge is -2.13. The van der Waals surface area contributed by atoms with Crippen LogP contribution in [0, 0.1) is 6.92 Å². The number of thioether (sulfide) groups is 1. The molecular weight excluding hydrogens is 470 g/mol. The highest BCUT2D eigenvalue weighted by Crippen LogP contribution is 2.26. The number of amides is 1. The van der Waals surface area contributed by atoms with Gasteiger partial charge in [-0.2, -0.15) is 0 Å². The Morgan fingerprint density at radius 2 is 2.25 bits per heavy atom. The highest BCUT2D eigenvalue weighted by molar-refractivity contribution is 7.99. The minimum Gasteiger partial charge on any atom is -0.376 e. The first-order valence-electron chi connectivity index (χ1n) is 10.2. The van der Waals surface area contributed by atoms with Gasteiger partial charge in [-0.05, 0) is 48.9 Å². The van der Waals surface area contributed by atoms with Gasteiger partial charge in [-0.1, -0.05) is 29.4 Å². The van der Waals surface area contributed by atoms with E-state index < -0.39 is 0 Å². The fourth-order valence-electron chi connectivity index (χ4n) is 3.81. The fourth-order valence-corrected chi connectivity index (χ4v) is 5.55. The predicted molar refractivity (Wildman–Crippen MR) is 127 cm³/mol. The van der Waals surface area contributed by atoms with Crippen molar-refractivity contribution in [3.8, 4) is 0 Å². The summed E-state index contributed by atoms with van der Waals surface area (Å²) in [5.74, 6) is 0.430. The van der Waals surface area contributed by atoms with Crippen molar-refractivity contribution < 1.29 is 9.53 Å². The summed E-state index contributed by atoms with van der Waals surface area (Å²) in [5, 5.41) is 14.5. The molecule has 4 aromatic rings. The van der Waals surface area contributed by atoms with E-state index in [4.69, 9.17) is 16.3 Å². The van der Waals surface area contributed by atoms with E-state index in [9.17, 15) is 9.59 Å². The van der Waals surface area contributed by atoms with Gasteiger partial charge in [0.15, 0.2) is 5.16 Å². The van der Waals surface area contributed by atoms with Gasteiger partial charge in [-0.15, -0.1) is 21.5 Å². The van der Waals surface area contributed by atoms with Crippen molar-refractivity contribution in [2.24, 2.45) is 0 Å². The number of nitrogens with zero attached hydrogens (tertiary/aromatic N) is 4. The number of thiophene rings is 1. The van der Waals surface area contributed by atoms with Gasteiger partial charge in [0.05, 0.1) is 23.9 Å². The molecular formula is C21H20ClN5O3S2. The zero-order valence-electron chi connectivity index (χ0n) is 17.2. The number of nitrogens with one attached hydrogen (secondary N) is 1. The molecule has 3 aromatic heterocycles. The van der Waals surface area contributed by atoms with E-state index in [2.05, 4.69) is 15.5 Å². The molecule has 166 valence electrons. The summed E-state index contributed by atoms with van der Waals surface area (Å²) in [6.07, 6.45) is 1.90. The van der Waals surface area contributed by atoms with Crippen LogP contribution in [0.25, 0.3) is 16.0 Å². The van der Waals surface area contributed by atoms with Crippen molar-refractivity contribution in [2.45, 2.75) is 37.6 Å². The number of halogens is 1. The van der Waals surface area contributed by atoms with Crippen LogP contribution in [-0.4, -0.2) is 43.5 Å². The van der Waals surface area contributed by atoms with Gasteiger partial charge < -0.3 is 10.1 Å². The molecule has 1 aliphatic heterocycles. The predicted octanol–water partition coefficient (Wildman–Crippen LogP) is 3.98. The van der Waals surface area contributed by atoms with Crippen molar-refractivity contribution in [3.63, 3.8) is 0 Å². The molecule has 5 rings (SSSR count). The van der Waals surface area contributed by atoms with Crippen molar-refractivity contribution in [2.75, 3.05) is 17.7 Å². The first kappa shape index (κ1) is 21.4. The molecule has 1 atom stereocenters. The Morgan fingerprint density at radius 3 is 3.06 bits per heavy atom. The minimum atomic E-state index is -0.175. The second kappa shape index (κ2) is 8.86. The molecule has 0 radical (unpaired) electrons. The van der Waals surface area contributed by atoms with E-state index in [1.165, 1.54) is 23.1 Å². The summed E-state index contributed by atoms with van der Waals surface area (Å²) in [6, 6.07) is 7.28. The lowest BCUT2D eigenvalue weighted by atomic mass is 10.2. The molecule has 32 heavy (non-hydrogen) atoms. The standard InChI is InChI=1S/C21H20ClN5O3S2/c1-12-14(22)5-2-6-15(12)23-17(28)11-32-21-25-24-20-26(10-13-4-3-8-30-13)19(29)18-16(27(20)21)7-9-31-18/h2,5-7,9,13H,3-4,8,10-11H2,1H3,(H,23,28). The number of ether oxygens (including phenoxy) is 1. The second-order valence-corrected chi connectivity index (χ2v) is 9.82. The van der Waals surface area contributed by atoms with E-state index in [0.717, 1.165) is 23.9 Å². The molecule has 0 bridgehead atoms. The van der Waals surface area contributed by atoms with E-state index in [-0.39, 0.29) is 23.3 Å². The average molecular weight is 490 g/mol. The van der Waals surface area contributed by atoms with Gasteiger partial charge >= 0.3 is 0 Å². The third-order valence-corrected chi connectivity index (χ3v) is 7.70. The van der Waals surface area contributed by atoms with E-state index in [1.807, 2.05) is 28.8 Å². The number of anilines is 1. The zero-order chi connectivity index (χ0) is 22.2. The number of carbonyl (C=O) groups excluding carboxylic acids is 1. The largest absolute Gasteiger partial charge is 0.376 e. The van der Waals surface area contributed by atoms with Gasteiger partial charge in [0.25, 0.3) is 5.56 Å². The highest BCUT2D eigenvalue weighted by Gasteiger charge is 2.23. The second-order valence-electron chi connectivity index (χ2n) is 7.55. The molecule has 0 saturated carbocycles. The van der Waals surface area contributed by atoms with Crippen molar-refractivity contribution >= 4 is 62.3 Å². The van der Waals surface area contributed by atoms with Crippen LogP contribution in [0.1, 0.15) is 18.4 Å². The molecule has 0 aliphatic carbocycles. The van der Waals surface area contributed by atoms with Gasteiger partial charge in [-0.25, -0.2) is 0 Å². The van der Waals surface area contributed by atoms with Crippen LogP contribution in [0.5, 0.6) is 0 Å². The molecule has 11 heteroatoms. The number of benzene rings is 1. The van der Waals surface area contributed by atoms with Crippen molar-refractivity contribution in [3.05, 3.63) is 50.6 Å².